The molecule has 0 spiro atoms. The maximum absolute atomic E-state index is 13.7. The predicted octanol–water partition coefficient (Wildman–Crippen LogP) is 1.90. The molecule has 0 saturated carbocycles. The molecular formula is C12H23FN2. The van der Waals surface area contributed by atoms with Crippen molar-refractivity contribution >= 4 is 0 Å². The van der Waals surface area contributed by atoms with Crippen molar-refractivity contribution in [1.29, 1.82) is 0 Å². The minimum atomic E-state index is -0.942. The molecule has 0 bridgehead atoms. The van der Waals surface area contributed by atoms with Gasteiger partial charge in [0.25, 0.3) is 0 Å². The molecule has 0 aliphatic carbocycles. The third kappa shape index (κ3) is 2.34. The Morgan fingerprint density at radius 2 is 1.87 bits per heavy atom. The molecule has 1 atom stereocenters. The lowest BCUT2D eigenvalue weighted by Crippen LogP contribution is -2.64. The molecule has 2 aliphatic heterocycles. The highest BCUT2D eigenvalue weighted by atomic mass is 19.1. The first kappa shape index (κ1) is 11.3. The topological polar surface area (TPSA) is 6.48 Å². The average molecular weight is 214 g/mol. The van der Waals surface area contributed by atoms with E-state index in [1.54, 1.807) is 6.92 Å². The van der Waals surface area contributed by atoms with Gasteiger partial charge in [0, 0.05) is 37.8 Å². The van der Waals surface area contributed by atoms with Crippen molar-refractivity contribution in [2.45, 2.75) is 51.4 Å². The fourth-order valence-corrected chi connectivity index (χ4v) is 2.50. The van der Waals surface area contributed by atoms with Gasteiger partial charge in [0.05, 0.1) is 0 Å². The molecule has 2 aliphatic rings. The lowest BCUT2D eigenvalue weighted by molar-refractivity contribution is -0.0181. The number of hydrogen-bond donors (Lipinski definition) is 0. The molecule has 0 aromatic heterocycles. The number of halogens is 1. The van der Waals surface area contributed by atoms with Crippen LogP contribution in [0.3, 0.4) is 0 Å². The normalized spacial score (nSPS) is 35.8. The second kappa shape index (κ2) is 3.42. The van der Waals surface area contributed by atoms with Crippen LogP contribution in [-0.2, 0) is 0 Å². The number of hydrogen-bond acceptors (Lipinski definition) is 2. The summed E-state index contributed by atoms with van der Waals surface area (Å²) in [6.45, 7) is 12.3. The molecule has 0 radical (unpaired) electrons. The lowest BCUT2D eigenvalue weighted by atomic mass is 9.97. The van der Waals surface area contributed by atoms with Crippen LogP contribution in [0.25, 0.3) is 0 Å². The van der Waals surface area contributed by atoms with Gasteiger partial charge in [0.15, 0.2) is 0 Å². The predicted molar refractivity (Wildman–Crippen MR) is 60.8 cm³/mol. The zero-order valence-corrected chi connectivity index (χ0v) is 10.4. The average Bonchev–Trinajstić information content (AvgIpc) is 2.23. The summed E-state index contributed by atoms with van der Waals surface area (Å²) >= 11 is 0. The smallest absolute Gasteiger partial charge is 0.122 e. The molecule has 2 rings (SSSR count). The maximum Gasteiger partial charge on any atom is 0.122 e. The summed E-state index contributed by atoms with van der Waals surface area (Å²) in [7, 11) is 0. The fraction of sp³-hybridized carbons (Fsp3) is 1.00. The quantitative estimate of drug-likeness (QED) is 0.658. The zero-order chi connectivity index (χ0) is 11.3. The number of nitrogens with zero attached hydrogens (tertiary/aromatic N) is 2. The molecule has 2 fully saturated rings. The first-order chi connectivity index (χ1) is 6.78. The van der Waals surface area contributed by atoms with Gasteiger partial charge in [-0.25, -0.2) is 4.39 Å². The van der Waals surface area contributed by atoms with Crippen LogP contribution >= 0.6 is 0 Å². The second-order valence-electron chi connectivity index (χ2n) is 6.36. The van der Waals surface area contributed by atoms with E-state index in [2.05, 4.69) is 30.6 Å². The van der Waals surface area contributed by atoms with Gasteiger partial charge in [-0.15, -0.1) is 0 Å². The van der Waals surface area contributed by atoms with Crippen molar-refractivity contribution in [2.24, 2.45) is 0 Å². The Bertz CT molecular complexity index is 238. The SMILES string of the molecule is CC1(F)CCN(C2CN(C(C)(C)C)C2)C1. The van der Waals surface area contributed by atoms with Crippen LogP contribution < -0.4 is 0 Å². The summed E-state index contributed by atoms with van der Waals surface area (Å²) in [4.78, 5) is 4.79. The van der Waals surface area contributed by atoms with Gasteiger partial charge in [-0.1, -0.05) is 0 Å². The highest BCUT2D eigenvalue weighted by Gasteiger charge is 2.43. The highest BCUT2D eigenvalue weighted by molar-refractivity contribution is 4.98. The van der Waals surface area contributed by atoms with Crippen molar-refractivity contribution in [3.05, 3.63) is 0 Å². The Morgan fingerprint density at radius 1 is 1.27 bits per heavy atom. The summed E-state index contributed by atoms with van der Waals surface area (Å²) in [5, 5.41) is 0. The van der Waals surface area contributed by atoms with Crippen LogP contribution in [0.4, 0.5) is 4.39 Å². The molecule has 0 aromatic rings. The zero-order valence-electron chi connectivity index (χ0n) is 10.4. The first-order valence-electron chi connectivity index (χ1n) is 5.96. The van der Waals surface area contributed by atoms with E-state index in [9.17, 15) is 4.39 Å². The van der Waals surface area contributed by atoms with Crippen molar-refractivity contribution in [3.63, 3.8) is 0 Å². The molecule has 1 unspecified atom stereocenters. The Kier molecular flexibility index (Phi) is 2.59. The Balaban J connectivity index is 1.81. The van der Waals surface area contributed by atoms with Crippen molar-refractivity contribution in [2.75, 3.05) is 26.2 Å². The number of alkyl halides is 1. The van der Waals surface area contributed by atoms with Gasteiger partial charge >= 0.3 is 0 Å². The van der Waals surface area contributed by atoms with Crippen LogP contribution in [0.2, 0.25) is 0 Å². The number of likely N-dealkylation sites (tertiary alicyclic amines) is 2. The van der Waals surface area contributed by atoms with E-state index in [4.69, 9.17) is 0 Å². The molecule has 88 valence electrons. The van der Waals surface area contributed by atoms with E-state index >= 15 is 0 Å². The lowest BCUT2D eigenvalue weighted by Gasteiger charge is -2.50. The molecule has 2 nitrogen and oxygen atoms in total. The monoisotopic (exact) mass is 214 g/mol. The maximum atomic E-state index is 13.7. The summed E-state index contributed by atoms with van der Waals surface area (Å²) in [5.74, 6) is 0. The van der Waals surface area contributed by atoms with Crippen LogP contribution in [0.1, 0.15) is 34.1 Å². The molecule has 3 heteroatoms. The molecule has 2 heterocycles. The van der Waals surface area contributed by atoms with Crippen LogP contribution in [-0.4, -0.2) is 53.2 Å². The molecule has 0 amide bonds. The van der Waals surface area contributed by atoms with Gasteiger partial charge in [-0.05, 0) is 34.1 Å². The Morgan fingerprint density at radius 3 is 2.27 bits per heavy atom. The third-order valence-electron chi connectivity index (χ3n) is 3.78. The van der Waals surface area contributed by atoms with E-state index in [0.717, 1.165) is 19.6 Å². The van der Waals surface area contributed by atoms with E-state index < -0.39 is 5.67 Å². The van der Waals surface area contributed by atoms with Crippen LogP contribution in [0.15, 0.2) is 0 Å². The minimum absolute atomic E-state index is 0.273. The van der Waals surface area contributed by atoms with Gasteiger partial charge in [0.2, 0.25) is 0 Å². The second-order valence-corrected chi connectivity index (χ2v) is 6.36. The van der Waals surface area contributed by atoms with E-state index in [1.807, 2.05) is 0 Å². The van der Waals surface area contributed by atoms with Gasteiger partial charge in [0.1, 0.15) is 5.67 Å². The molecular weight excluding hydrogens is 191 g/mol. The van der Waals surface area contributed by atoms with Gasteiger partial charge in [-0.2, -0.15) is 0 Å². The standard InChI is InChI=1S/C12H23FN2/c1-11(2,3)15-7-10(8-15)14-6-5-12(4,13)9-14/h10H,5-9H2,1-4H3. The summed E-state index contributed by atoms with van der Waals surface area (Å²) in [5.41, 5.74) is -0.669. The highest BCUT2D eigenvalue weighted by Crippen LogP contribution is 2.31. The number of rotatable bonds is 1. The molecule has 15 heavy (non-hydrogen) atoms. The van der Waals surface area contributed by atoms with Crippen molar-refractivity contribution < 1.29 is 4.39 Å². The molecule has 0 N–H and O–H groups in total. The summed E-state index contributed by atoms with van der Waals surface area (Å²) in [6, 6.07) is 0.599. The van der Waals surface area contributed by atoms with Gasteiger partial charge < -0.3 is 0 Å². The Hall–Kier alpha value is -0.150. The van der Waals surface area contributed by atoms with Crippen molar-refractivity contribution in [3.8, 4) is 0 Å². The molecule has 2 saturated heterocycles. The molecule has 0 aromatic carbocycles. The van der Waals surface area contributed by atoms with E-state index in [-0.39, 0.29) is 5.54 Å². The van der Waals surface area contributed by atoms with Crippen LogP contribution in [0.5, 0.6) is 0 Å². The van der Waals surface area contributed by atoms with E-state index in [1.165, 1.54) is 0 Å². The summed E-state index contributed by atoms with van der Waals surface area (Å²) < 4.78 is 13.7. The minimum Gasteiger partial charge on any atom is -0.295 e. The Labute approximate surface area is 92.4 Å². The summed E-state index contributed by atoms with van der Waals surface area (Å²) in [6.07, 6.45) is 0.707. The first-order valence-corrected chi connectivity index (χ1v) is 5.96. The third-order valence-corrected chi connectivity index (χ3v) is 3.78. The van der Waals surface area contributed by atoms with Crippen molar-refractivity contribution in [1.82, 2.24) is 9.80 Å². The van der Waals surface area contributed by atoms with E-state index in [0.29, 0.717) is 19.0 Å². The largest absolute Gasteiger partial charge is 0.295 e. The fourth-order valence-electron chi connectivity index (χ4n) is 2.50. The van der Waals surface area contributed by atoms with Gasteiger partial charge in [-0.3, -0.25) is 9.80 Å². The van der Waals surface area contributed by atoms with Crippen LogP contribution in [0, 0.1) is 0 Å².